The molecular weight excluding hydrogens is 414 g/mol. The van der Waals surface area contributed by atoms with E-state index in [1.54, 1.807) is 7.11 Å². The number of unbranched alkanes of at least 4 members (excludes halogenated alkanes) is 9. The molecule has 0 heterocycles. The Hall–Kier alpha value is -1.46. The number of benzene rings is 1. The second-order valence-corrected chi connectivity index (χ2v) is 8.20. The number of hydrogen-bond donors (Lipinski definition) is 1. The molecule has 0 atom stereocenters. The molecule has 6 heteroatoms. The monoisotopic (exact) mass is 457 g/mol. The molecule has 0 aliphatic rings. The minimum absolute atomic E-state index is 0. The molecule has 1 aromatic carbocycles. The lowest BCUT2D eigenvalue weighted by molar-refractivity contribution is -0.136. The molecule has 1 aromatic rings. The van der Waals surface area contributed by atoms with Crippen molar-refractivity contribution in [1.29, 1.82) is 0 Å². The van der Waals surface area contributed by atoms with E-state index in [1.807, 2.05) is 18.2 Å². The Morgan fingerprint density at radius 1 is 0.968 bits per heavy atom. The van der Waals surface area contributed by atoms with Crippen LogP contribution in [0, 0.1) is 0 Å². The lowest BCUT2D eigenvalue weighted by Crippen LogP contribution is -2.25. The van der Waals surface area contributed by atoms with Gasteiger partial charge in [-0.2, -0.15) is 0 Å². The second kappa shape index (κ2) is 19.2. The molecule has 5 nitrogen and oxygen atoms in total. The molecule has 0 aliphatic carbocycles. The van der Waals surface area contributed by atoms with Gasteiger partial charge in [-0.15, -0.1) is 12.4 Å². The molecule has 0 saturated carbocycles. The number of rotatable bonds is 19. The topological polar surface area (TPSA) is 59.0 Å². The zero-order chi connectivity index (χ0) is 22.0. The van der Waals surface area contributed by atoms with Crippen LogP contribution < -0.4 is 9.47 Å². The van der Waals surface area contributed by atoms with Crippen LogP contribution in [0.25, 0.3) is 0 Å². The predicted octanol–water partition coefficient (Wildman–Crippen LogP) is 6.37. The van der Waals surface area contributed by atoms with Gasteiger partial charge in [0.15, 0.2) is 0 Å². The van der Waals surface area contributed by atoms with Crippen LogP contribution in [-0.4, -0.2) is 49.8 Å². The average molecular weight is 458 g/mol. The van der Waals surface area contributed by atoms with E-state index in [9.17, 15) is 4.79 Å². The van der Waals surface area contributed by atoms with Crippen molar-refractivity contribution >= 4 is 18.4 Å². The molecule has 1 rings (SSSR count). The third-order valence-electron chi connectivity index (χ3n) is 5.50. The van der Waals surface area contributed by atoms with E-state index in [-0.39, 0.29) is 18.8 Å². The number of halogens is 1. The number of carboxylic acids is 1. The highest BCUT2D eigenvalue weighted by atomic mass is 35.5. The standard InChI is InChI=1S/C25H43NO4.ClH/c1-4-5-6-7-8-9-10-11-12-13-18-26(2)19-20-30-23-16-14-22(15-17-25(27)28)24(21-23)29-3;/h14,16,21H,4-13,15,17-20H2,1-3H3,(H,27,28);1H. The van der Waals surface area contributed by atoms with Crippen LogP contribution in [0.5, 0.6) is 11.5 Å². The number of nitrogens with zero attached hydrogens (tertiary/aromatic N) is 1. The highest BCUT2D eigenvalue weighted by Crippen LogP contribution is 2.25. The zero-order valence-electron chi connectivity index (χ0n) is 19.9. The Morgan fingerprint density at radius 2 is 1.58 bits per heavy atom. The Labute approximate surface area is 195 Å². The summed E-state index contributed by atoms with van der Waals surface area (Å²) in [7, 11) is 3.75. The van der Waals surface area contributed by atoms with E-state index < -0.39 is 5.97 Å². The second-order valence-electron chi connectivity index (χ2n) is 8.20. The fraction of sp³-hybridized carbons (Fsp3) is 0.720. The molecule has 0 aromatic heterocycles. The van der Waals surface area contributed by atoms with Crippen LogP contribution in [0.2, 0.25) is 0 Å². The van der Waals surface area contributed by atoms with Gasteiger partial charge in [0.1, 0.15) is 18.1 Å². The molecular formula is C25H44ClNO4. The smallest absolute Gasteiger partial charge is 0.303 e. The number of likely N-dealkylation sites (N-methyl/N-ethyl adjacent to an activating group) is 1. The fourth-order valence-corrected chi connectivity index (χ4v) is 3.56. The summed E-state index contributed by atoms with van der Waals surface area (Å²) in [5.74, 6) is 0.647. The highest BCUT2D eigenvalue weighted by molar-refractivity contribution is 5.85. The Kier molecular flexibility index (Phi) is 18.3. The van der Waals surface area contributed by atoms with E-state index in [2.05, 4.69) is 18.9 Å². The first kappa shape index (κ1) is 29.5. The Morgan fingerprint density at radius 3 is 2.16 bits per heavy atom. The molecule has 1 N–H and O–H groups in total. The maximum Gasteiger partial charge on any atom is 0.303 e. The first-order valence-corrected chi connectivity index (χ1v) is 11.8. The highest BCUT2D eigenvalue weighted by Gasteiger charge is 2.08. The number of aliphatic carboxylic acids is 1. The maximum atomic E-state index is 10.8. The van der Waals surface area contributed by atoms with E-state index in [0.29, 0.717) is 18.8 Å². The SMILES string of the molecule is CCCCCCCCCCCCN(C)CCOc1ccc(CCC(=O)O)c(OC)c1.Cl. The Bertz CT molecular complexity index is 583. The minimum Gasteiger partial charge on any atom is -0.496 e. The molecule has 0 saturated heterocycles. The van der Waals surface area contributed by atoms with Gasteiger partial charge >= 0.3 is 5.97 Å². The molecule has 31 heavy (non-hydrogen) atoms. The first-order valence-electron chi connectivity index (χ1n) is 11.8. The van der Waals surface area contributed by atoms with E-state index in [0.717, 1.165) is 24.4 Å². The van der Waals surface area contributed by atoms with E-state index in [1.165, 1.54) is 64.2 Å². The number of methoxy groups -OCH3 is 1. The molecule has 180 valence electrons. The van der Waals surface area contributed by atoms with Gasteiger partial charge in [0.2, 0.25) is 0 Å². The van der Waals surface area contributed by atoms with Crippen LogP contribution in [0.15, 0.2) is 18.2 Å². The summed E-state index contributed by atoms with van der Waals surface area (Å²) in [4.78, 5) is 13.1. The summed E-state index contributed by atoms with van der Waals surface area (Å²) in [5, 5.41) is 8.84. The summed E-state index contributed by atoms with van der Waals surface area (Å²) in [6.45, 7) is 4.90. The number of carboxylic acid groups (broad SMARTS) is 1. The minimum atomic E-state index is -0.803. The quantitative estimate of drug-likeness (QED) is 0.245. The van der Waals surface area contributed by atoms with Gasteiger partial charge in [-0.05, 0) is 38.1 Å². The van der Waals surface area contributed by atoms with Crippen molar-refractivity contribution in [2.24, 2.45) is 0 Å². The molecule has 0 bridgehead atoms. The van der Waals surface area contributed by atoms with Crippen molar-refractivity contribution in [3.8, 4) is 11.5 Å². The van der Waals surface area contributed by atoms with Crippen LogP contribution in [0.3, 0.4) is 0 Å². The van der Waals surface area contributed by atoms with Gasteiger partial charge in [-0.1, -0.05) is 70.8 Å². The van der Waals surface area contributed by atoms with Crippen LogP contribution >= 0.6 is 12.4 Å². The van der Waals surface area contributed by atoms with Gasteiger partial charge in [-0.25, -0.2) is 0 Å². The molecule has 0 radical (unpaired) electrons. The zero-order valence-corrected chi connectivity index (χ0v) is 20.7. The molecule has 0 spiro atoms. The van der Waals surface area contributed by atoms with E-state index in [4.69, 9.17) is 14.6 Å². The normalized spacial score (nSPS) is 10.7. The molecule has 0 aliphatic heterocycles. The first-order chi connectivity index (χ1) is 14.6. The predicted molar refractivity (Wildman–Crippen MR) is 131 cm³/mol. The molecule has 0 amide bonds. The van der Waals surface area contributed by atoms with Crippen molar-refractivity contribution < 1.29 is 19.4 Å². The van der Waals surface area contributed by atoms with Crippen LogP contribution in [0.1, 0.15) is 83.1 Å². The summed E-state index contributed by atoms with van der Waals surface area (Å²) in [6.07, 6.45) is 14.2. The third-order valence-corrected chi connectivity index (χ3v) is 5.50. The van der Waals surface area contributed by atoms with Gasteiger partial charge < -0.3 is 19.5 Å². The lowest BCUT2D eigenvalue weighted by atomic mass is 10.1. The maximum absolute atomic E-state index is 10.8. The van der Waals surface area contributed by atoms with E-state index >= 15 is 0 Å². The van der Waals surface area contributed by atoms with Crippen LogP contribution in [-0.2, 0) is 11.2 Å². The third kappa shape index (κ3) is 15.1. The van der Waals surface area contributed by atoms with Crippen LogP contribution in [0.4, 0.5) is 0 Å². The van der Waals surface area contributed by atoms with Crippen molar-refractivity contribution in [2.45, 2.75) is 84.0 Å². The number of aryl methyl sites for hydroxylation is 1. The number of hydrogen-bond acceptors (Lipinski definition) is 4. The number of carbonyl (C=O) groups is 1. The van der Waals surface area contributed by atoms with Crippen molar-refractivity contribution in [3.05, 3.63) is 23.8 Å². The van der Waals surface area contributed by atoms with Gasteiger partial charge in [0.05, 0.1) is 7.11 Å². The van der Waals surface area contributed by atoms with Gasteiger partial charge in [0, 0.05) is 19.0 Å². The fourth-order valence-electron chi connectivity index (χ4n) is 3.56. The molecule has 0 fully saturated rings. The lowest BCUT2D eigenvalue weighted by Gasteiger charge is -2.17. The molecule has 0 unspecified atom stereocenters. The summed E-state index contributed by atoms with van der Waals surface area (Å²) in [5.41, 5.74) is 0.894. The summed E-state index contributed by atoms with van der Waals surface area (Å²) >= 11 is 0. The largest absolute Gasteiger partial charge is 0.496 e. The number of ether oxygens (including phenoxy) is 2. The van der Waals surface area contributed by atoms with Crippen molar-refractivity contribution in [2.75, 3.05) is 33.9 Å². The van der Waals surface area contributed by atoms with Crippen molar-refractivity contribution in [1.82, 2.24) is 4.90 Å². The summed E-state index contributed by atoms with van der Waals surface area (Å²) in [6, 6.07) is 5.63. The average Bonchev–Trinajstić information content (AvgIpc) is 2.73. The van der Waals surface area contributed by atoms with Crippen molar-refractivity contribution in [3.63, 3.8) is 0 Å². The summed E-state index contributed by atoms with van der Waals surface area (Å²) < 4.78 is 11.2. The van der Waals surface area contributed by atoms with Gasteiger partial charge in [0.25, 0.3) is 0 Å². The Balaban J connectivity index is 0.00000900. The van der Waals surface area contributed by atoms with Gasteiger partial charge in [-0.3, -0.25) is 4.79 Å².